The second-order valence-electron chi connectivity index (χ2n) is 5.51. The highest BCUT2D eigenvalue weighted by Gasteiger charge is 2.15. The van der Waals surface area contributed by atoms with Gasteiger partial charge in [0.15, 0.2) is 0 Å². The number of amides is 1. The molecule has 0 saturated heterocycles. The predicted octanol–water partition coefficient (Wildman–Crippen LogP) is 3.50. The van der Waals surface area contributed by atoms with Crippen LogP contribution >= 0.6 is 24.0 Å². The van der Waals surface area contributed by atoms with Crippen molar-refractivity contribution in [3.8, 4) is 5.75 Å². The SMILES string of the molecule is COCCS(=O)Cc1cccc(NC(=O)c2cc(Cl)c(N)cc2OC)c1.Cl. The molecule has 0 bridgehead atoms. The van der Waals surface area contributed by atoms with Crippen LogP contribution in [0.4, 0.5) is 11.4 Å². The summed E-state index contributed by atoms with van der Waals surface area (Å²) in [5, 5.41) is 3.07. The lowest BCUT2D eigenvalue weighted by molar-refractivity contribution is 0.102. The zero-order chi connectivity index (χ0) is 19.1. The van der Waals surface area contributed by atoms with Crippen molar-refractivity contribution >= 4 is 52.1 Å². The van der Waals surface area contributed by atoms with Gasteiger partial charge in [-0.15, -0.1) is 12.4 Å². The number of halogens is 2. The molecule has 0 spiro atoms. The Kier molecular flexibility index (Phi) is 9.59. The first-order chi connectivity index (χ1) is 12.4. The fourth-order valence-corrected chi connectivity index (χ4v) is 3.50. The van der Waals surface area contributed by atoms with Crippen molar-refractivity contribution < 1.29 is 18.5 Å². The van der Waals surface area contributed by atoms with Crippen LogP contribution in [0.25, 0.3) is 0 Å². The number of rotatable bonds is 8. The lowest BCUT2D eigenvalue weighted by Gasteiger charge is -2.12. The first kappa shape index (κ1) is 23.2. The average molecular weight is 433 g/mol. The van der Waals surface area contributed by atoms with Crippen molar-refractivity contribution in [2.24, 2.45) is 0 Å². The van der Waals surface area contributed by atoms with E-state index in [0.717, 1.165) is 5.56 Å². The van der Waals surface area contributed by atoms with Crippen LogP contribution in [-0.4, -0.2) is 36.7 Å². The molecule has 0 radical (unpaired) electrons. The molecule has 148 valence electrons. The standard InChI is InChI=1S/C18H21ClN2O4S.ClH/c1-24-6-7-26(23)11-12-4-3-5-13(8-12)21-18(22)14-9-15(19)16(20)10-17(14)25-2;/h3-5,8-10H,6-7,11,20H2,1-2H3,(H,21,22);1H. The lowest BCUT2D eigenvalue weighted by Crippen LogP contribution is -2.14. The molecule has 0 aliphatic rings. The molecule has 0 aromatic heterocycles. The first-order valence-corrected chi connectivity index (χ1v) is 9.68. The van der Waals surface area contributed by atoms with E-state index in [0.29, 0.717) is 35.2 Å². The Hall–Kier alpha value is -1.80. The van der Waals surface area contributed by atoms with Crippen LogP contribution in [0.3, 0.4) is 0 Å². The summed E-state index contributed by atoms with van der Waals surface area (Å²) < 4.78 is 22.1. The molecule has 0 fully saturated rings. The molecule has 27 heavy (non-hydrogen) atoms. The molecule has 3 N–H and O–H groups in total. The molecule has 6 nitrogen and oxygen atoms in total. The topological polar surface area (TPSA) is 90.7 Å². The number of nitrogens with one attached hydrogen (secondary N) is 1. The average Bonchev–Trinajstić information content (AvgIpc) is 2.62. The van der Waals surface area contributed by atoms with E-state index in [1.165, 1.54) is 19.2 Å². The summed E-state index contributed by atoms with van der Waals surface area (Å²) in [5.74, 6) is 0.820. The highest BCUT2D eigenvalue weighted by molar-refractivity contribution is 7.84. The van der Waals surface area contributed by atoms with Gasteiger partial charge in [-0.1, -0.05) is 23.7 Å². The third kappa shape index (κ3) is 6.70. The Balaban J connectivity index is 0.00000364. The number of benzene rings is 2. The van der Waals surface area contributed by atoms with Crippen molar-refractivity contribution in [3.63, 3.8) is 0 Å². The van der Waals surface area contributed by atoms with Gasteiger partial charge in [-0.3, -0.25) is 9.00 Å². The van der Waals surface area contributed by atoms with Crippen molar-refractivity contribution in [2.45, 2.75) is 5.75 Å². The Morgan fingerprint density at radius 1 is 1.26 bits per heavy atom. The van der Waals surface area contributed by atoms with Gasteiger partial charge in [-0.2, -0.15) is 0 Å². The van der Waals surface area contributed by atoms with E-state index in [9.17, 15) is 9.00 Å². The van der Waals surface area contributed by atoms with Crippen LogP contribution < -0.4 is 15.8 Å². The first-order valence-electron chi connectivity index (χ1n) is 7.81. The van der Waals surface area contributed by atoms with E-state index in [1.807, 2.05) is 6.07 Å². The summed E-state index contributed by atoms with van der Waals surface area (Å²) in [6.45, 7) is 0.445. The number of nitrogen functional groups attached to an aromatic ring is 1. The van der Waals surface area contributed by atoms with Crippen molar-refractivity contribution in [3.05, 3.63) is 52.5 Å². The van der Waals surface area contributed by atoms with Crippen LogP contribution in [-0.2, 0) is 21.3 Å². The van der Waals surface area contributed by atoms with Crippen LogP contribution in [0, 0.1) is 0 Å². The molecular weight excluding hydrogens is 411 g/mol. The second-order valence-corrected chi connectivity index (χ2v) is 7.49. The van der Waals surface area contributed by atoms with Gasteiger partial charge in [-0.25, -0.2) is 0 Å². The summed E-state index contributed by atoms with van der Waals surface area (Å²) in [5.41, 5.74) is 7.80. The third-order valence-corrected chi connectivity index (χ3v) is 5.20. The summed E-state index contributed by atoms with van der Waals surface area (Å²) >= 11 is 6.01. The fourth-order valence-electron chi connectivity index (χ4n) is 2.29. The van der Waals surface area contributed by atoms with E-state index in [1.54, 1.807) is 25.3 Å². The minimum atomic E-state index is -1.03. The smallest absolute Gasteiger partial charge is 0.259 e. The predicted molar refractivity (Wildman–Crippen MR) is 113 cm³/mol. The van der Waals surface area contributed by atoms with E-state index in [-0.39, 0.29) is 28.9 Å². The molecular formula is C18H22Cl2N2O4S. The maximum absolute atomic E-state index is 12.6. The van der Waals surface area contributed by atoms with Crippen molar-refractivity contribution in [1.29, 1.82) is 0 Å². The monoisotopic (exact) mass is 432 g/mol. The molecule has 1 unspecified atom stereocenters. The normalized spacial score (nSPS) is 11.4. The minimum absolute atomic E-state index is 0. The summed E-state index contributed by atoms with van der Waals surface area (Å²) in [6, 6.07) is 10.2. The highest BCUT2D eigenvalue weighted by Crippen LogP contribution is 2.29. The van der Waals surface area contributed by atoms with E-state index in [4.69, 9.17) is 26.8 Å². The number of nitrogens with two attached hydrogens (primary N) is 1. The summed E-state index contributed by atoms with van der Waals surface area (Å²) in [6.07, 6.45) is 0. The number of anilines is 2. The van der Waals surface area contributed by atoms with E-state index < -0.39 is 10.8 Å². The molecule has 9 heteroatoms. The second kappa shape index (κ2) is 11.1. The Morgan fingerprint density at radius 2 is 2.00 bits per heavy atom. The number of hydrogen-bond acceptors (Lipinski definition) is 5. The van der Waals surface area contributed by atoms with Crippen LogP contribution in [0.2, 0.25) is 5.02 Å². The zero-order valence-corrected chi connectivity index (χ0v) is 17.4. The number of methoxy groups -OCH3 is 2. The van der Waals surface area contributed by atoms with Gasteiger partial charge in [0, 0.05) is 41.2 Å². The number of carbonyl (C=O) groups excluding carboxylic acids is 1. The molecule has 1 atom stereocenters. The minimum Gasteiger partial charge on any atom is -0.496 e. The summed E-state index contributed by atoms with van der Waals surface area (Å²) in [4.78, 5) is 12.6. The summed E-state index contributed by atoms with van der Waals surface area (Å²) in [7, 11) is 2.00. The van der Waals surface area contributed by atoms with Crippen LogP contribution in [0.15, 0.2) is 36.4 Å². The molecule has 0 aliphatic heterocycles. The van der Waals surface area contributed by atoms with Gasteiger partial charge in [-0.05, 0) is 23.8 Å². The van der Waals surface area contributed by atoms with Gasteiger partial charge in [0.25, 0.3) is 5.91 Å². The number of ether oxygens (including phenoxy) is 2. The van der Waals surface area contributed by atoms with E-state index >= 15 is 0 Å². The van der Waals surface area contributed by atoms with E-state index in [2.05, 4.69) is 5.32 Å². The van der Waals surface area contributed by atoms with Crippen LogP contribution in [0.1, 0.15) is 15.9 Å². The van der Waals surface area contributed by atoms with Gasteiger partial charge in [0.1, 0.15) is 5.75 Å². The Morgan fingerprint density at radius 3 is 2.67 bits per heavy atom. The zero-order valence-electron chi connectivity index (χ0n) is 15.0. The number of hydrogen-bond donors (Lipinski definition) is 2. The van der Waals surface area contributed by atoms with Gasteiger partial charge >= 0.3 is 0 Å². The third-order valence-electron chi connectivity index (χ3n) is 3.59. The quantitative estimate of drug-likeness (QED) is 0.622. The molecule has 0 aliphatic carbocycles. The lowest BCUT2D eigenvalue weighted by atomic mass is 10.1. The Labute approximate surface area is 172 Å². The molecule has 1 amide bonds. The molecule has 2 aromatic rings. The molecule has 0 saturated carbocycles. The largest absolute Gasteiger partial charge is 0.496 e. The molecule has 2 rings (SSSR count). The number of carbonyl (C=O) groups is 1. The molecule has 0 heterocycles. The van der Waals surface area contributed by atoms with Crippen molar-refractivity contribution in [1.82, 2.24) is 0 Å². The maximum Gasteiger partial charge on any atom is 0.259 e. The van der Waals surface area contributed by atoms with Gasteiger partial charge in [0.05, 0.1) is 30.0 Å². The highest BCUT2D eigenvalue weighted by atomic mass is 35.5. The van der Waals surface area contributed by atoms with Crippen molar-refractivity contribution in [2.75, 3.05) is 37.6 Å². The van der Waals surface area contributed by atoms with Gasteiger partial charge < -0.3 is 20.5 Å². The van der Waals surface area contributed by atoms with Gasteiger partial charge in [0.2, 0.25) is 0 Å². The van der Waals surface area contributed by atoms with Crippen LogP contribution in [0.5, 0.6) is 5.75 Å². The Bertz CT molecular complexity index is 818. The maximum atomic E-state index is 12.6. The fraction of sp³-hybridized carbons (Fsp3) is 0.278. The molecule has 2 aromatic carbocycles.